The molecule has 0 saturated heterocycles. The number of halogens is 2. The van der Waals surface area contributed by atoms with Gasteiger partial charge >= 0.3 is 12.4 Å². The van der Waals surface area contributed by atoms with Crippen molar-refractivity contribution in [1.82, 2.24) is 0 Å². The SMILES string of the molecule is CC(C)(OC(=O)C(F)F)C1CCCCC1. The van der Waals surface area contributed by atoms with Gasteiger partial charge in [-0.15, -0.1) is 0 Å². The Morgan fingerprint density at radius 1 is 1.27 bits per heavy atom. The van der Waals surface area contributed by atoms with E-state index in [0.717, 1.165) is 25.7 Å². The Balaban J connectivity index is 2.52. The van der Waals surface area contributed by atoms with Crippen molar-refractivity contribution in [1.29, 1.82) is 0 Å². The van der Waals surface area contributed by atoms with Crippen molar-refractivity contribution >= 4 is 5.97 Å². The lowest BCUT2D eigenvalue weighted by Crippen LogP contribution is -2.39. The highest BCUT2D eigenvalue weighted by molar-refractivity contribution is 5.73. The third-order valence-electron chi connectivity index (χ3n) is 3.13. The molecule has 0 unspecified atom stereocenters. The van der Waals surface area contributed by atoms with Crippen LogP contribution in [0.5, 0.6) is 0 Å². The molecule has 1 saturated carbocycles. The van der Waals surface area contributed by atoms with E-state index in [0.29, 0.717) is 0 Å². The van der Waals surface area contributed by atoms with E-state index >= 15 is 0 Å². The van der Waals surface area contributed by atoms with E-state index in [9.17, 15) is 13.6 Å². The van der Waals surface area contributed by atoms with Crippen molar-refractivity contribution in [2.45, 2.75) is 58.0 Å². The first kappa shape index (κ1) is 12.4. The molecule has 2 nitrogen and oxygen atoms in total. The molecule has 0 amide bonds. The summed E-state index contributed by atoms with van der Waals surface area (Å²) < 4.78 is 29.0. The molecular formula is C11H18F2O2. The second kappa shape index (κ2) is 4.90. The van der Waals surface area contributed by atoms with Crippen LogP contribution in [0.1, 0.15) is 46.0 Å². The van der Waals surface area contributed by atoms with Crippen LogP contribution in [-0.2, 0) is 9.53 Å². The van der Waals surface area contributed by atoms with Crippen molar-refractivity contribution in [3.63, 3.8) is 0 Å². The molecule has 1 aliphatic rings. The number of hydrogen-bond acceptors (Lipinski definition) is 2. The highest BCUT2D eigenvalue weighted by Crippen LogP contribution is 2.35. The topological polar surface area (TPSA) is 26.3 Å². The Kier molecular flexibility index (Phi) is 4.05. The average Bonchev–Trinajstić information content (AvgIpc) is 2.18. The van der Waals surface area contributed by atoms with E-state index in [1.807, 2.05) is 0 Å². The molecule has 88 valence electrons. The van der Waals surface area contributed by atoms with Gasteiger partial charge in [0.15, 0.2) is 0 Å². The fourth-order valence-corrected chi connectivity index (χ4v) is 2.18. The van der Waals surface area contributed by atoms with Crippen molar-refractivity contribution in [3.8, 4) is 0 Å². The van der Waals surface area contributed by atoms with Gasteiger partial charge in [0.1, 0.15) is 5.60 Å². The molecule has 0 bridgehead atoms. The molecule has 1 fully saturated rings. The summed E-state index contributed by atoms with van der Waals surface area (Å²) in [4.78, 5) is 10.8. The van der Waals surface area contributed by atoms with Crippen LogP contribution >= 0.6 is 0 Å². The summed E-state index contributed by atoms with van der Waals surface area (Å²) in [5.41, 5.74) is -0.756. The normalized spacial score (nSPS) is 19.3. The van der Waals surface area contributed by atoms with Crippen LogP contribution in [0.15, 0.2) is 0 Å². The molecule has 0 radical (unpaired) electrons. The predicted molar refractivity (Wildman–Crippen MR) is 52.8 cm³/mol. The van der Waals surface area contributed by atoms with Gasteiger partial charge in [-0.05, 0) is 32.6 Å². The van der Waals surface area contributed by atoms with Gasteiger partial charge in [-0.1, -0.05) is 19.3 Å². The molecule has 15 heavy (non-hydrogen) atoms. The summed E-state index contributed by atoms with van der Waals surface area (Å²) in [5.74, 6) is -1.18. The van der Waals surface area contributed by atoms with Gasteiger partial charge in [0.25, 0.3) is 0 Å². The van der Waals surface area contributed by atoms with Gasteiger partial charge < -0.3 is 4.74 Å². The first-order chi connectivity index (χ1) is 6.93. The predicted octanol–water partition coefficient (Wildman–Crippen LogP) is 3.15. The molecule has 0 heterocycles. The summed E-state index contributed by atoms with van der Waals surface area (Å²) in [7, 11) is 0. The second-order valence-electron chi connectivity index (χ2n) is 4.66. The summed E-state index contributed by atoms with van der Waals surface area (Å²) in [6, 6.07) is 0. The summed E-state index contributed by atoms with van der Waals surface area (Å²) in [6.45, 7) is 3.45. The number of carbonyl (C=O) groups excluding carboxylic acids is 1. The Labute approximate surface area is 89.0 Å². The minimum absolute atomic E-state index is 0.217. The van der Waals surface area contributed by atoms with E-state index in [4.69, 9.17) is 4.74 Å². The van der Waals surface area contributed by atoms with Gasteiger partial charge in [0.05, 0.1) is 0 Å². The third-order valence-corrected chi connectivity index (χ3v) is 3.13. The van der Waals surface area contributed by atoms with Gasteiger partial charge in [0.2, 0.25) is 0 Å². The maximum Gasteiger partial charge on any atom is 0.374 e. The lowest BCUT2D eigenvalue weighted by molar-refractivity contribution is -0.176. The zero-order valence-electron chi connectivity index (χ0n) is 9.26. The largest absolute Gasteiger partial charge is 0.455 e. The van der Waals surface area contributed by atoms with Crippen LogP contribution in [0, 0.1) is 5.92 Å². The van der Waals surface area contributed by atoms with Gasteiger partial charge in [-0.3, -0.25) is 0 Å². The molecule has 0 aromatic carbocycles. The number of alkyl halides is 2. The Hall–Kier alpha value is -0.670. The van der Waals surface area contributed by atoms with Crippen LogP contribution in [0.4, 0.5) is 8.78 Å². The Morgan fingerprint density at radius 2 is 1.80 bits per heavy atom. The number of rotatable bonds is 3. The number of carbonyl (C=O) groups is 1. The second-order valence-corrected chi connectivity index (χ2v) is 4.66. The number of esters is 1. The van der Waals surface area contributed by atoms with Crippen LogP contribution < -0.4 is 0 Å². The zero-order chi connectivity index (χ0) is 11.5. The highest BCUT2D eigenvalue weighted by atomic mass is 19.3. The maximum absolute atomic E-state index is 12.1. The van der Waals surface area contributed by atoms with Crippen molar-refractivity contribution in [3.05, 3.63) is 0 Å². The molecule has 0 atom stereocenters. The number of hydrogen-bond donors (Lipinski definition) is 0. The first-order valence-corrected chi connectivity index (χ1v) is 5.44. The van der Waals surface area contributed by atoms with Crippen molar-refractivity contribution < 1.29 is 18.3 Å². The van der Waals surface area contributed by atoms with E-state index in [1.165, 1.54) is 6.42 Å². The molecule has 1 rings (SSSR count). The van der Waals surface area contributed by atoms with E-state index in [2.05, 4.69) is 0 Å². The highest BCUT2D eigenvalue weighted by Gasteiger charge is 2.36. The van der Waals surface area contributed by atoms with Crippen LogP contribution in [0.3, 0.4) is 0 Å². The van der Waals surface area contributed by atoms with Crippen LogP contribution in [0.2, 0.25) is 0 Å². The molecule has 0 N–H and O–H groups in total. The Bertz CT molecular complexity index is 221. The molecule has 0 aromatic rings. The average molecular weight is 220 g/mol. The van der Waals surface area contributed by atoms with Gasteiger partial charge in [0, 0.05) is 0 Å². The fraction of sp³-hybridized carbons (Fsp3) is 0.909. The third kappa shape index (κ3) is 3.43. The summed E-state index contributed by atoms with van der Waals surface area (Å²) >= 11 is 0. The summed E-state index contributed by atoms with van der Waals surface area (Å²) in [6.07, 6.45) is 2.29. The smallest absolute Gasteiger partial charge is 0.374 e. The fourth-order valence-electron chi connectivity index (χ4n) is 2.18. The Morgan fingerprint density at radius 3 is 2.27 bits per heavy atom. The molecule has 0 spiro atoms. The monoisotopic (exact) mass is 220 g/mol. The van der Waals surface area contributed by atoms with E-state index in [1.54, 1.807) is 13.8 Å². The van der Waals surface area contributed by atoms with Gasteiger partial charge in [-0.25, -0.2) is 4.79 Å². The lowest BCUT2D eigenvalue weighted by atomic mass is 9.79. The molecule has 0 aromatic heterocycles. The van der Waals surface area contributed by atoms with Crippen molar-refractivity contribution in [2.75, 3.05) is 0 Å². The minimum Gasteiger partial charge on any atom is -0.455 e. The first-order valence-electron chi connectivity index (χ1n) is 5.44. The van der Waals surface area contributed by atoms with Gasteiger partial charge in [-0.2, -0.15) is 8.78 Å². The maximum atomic E-state index is 12.1. The quantitative estimate of drug-likeness (QED) is 0.683. The van der Waals surface area contributed by atoms with Crippen LogP contribution in [0.25, 0.3) is 0 Å². The molecule has 4 heteroatoms. The molecule has 0 aliphatic heterocycles. The minimum atomic E-state index is -3.02. The standard InChI is InChI=1S/C11H18F2O2/c1-11(2,15-10(14)9(12)13)8-6-4-3-5-7-8/h8-9H,3-7H2,1-2H3. The molecular weight excluding hydrogens is 202 g/mol. The lowest BCUT2D eigenvalue weighted by Gasteiger charge is -2.36. The molecule has 1 aliphatic carbocycles. The summed E-state index contributed by atoms with van der Waals surface area (Å²) in [5, 5.41) is 0. The van der Waals surface area contributed by atoms with Crippen LogP contribution in [-0.4, -0.2) is 18.0 Å². The number of ether oxygens (including phenoxy) is 1. The van der Waals surface area contributed by atoms with E-state index in [-0.39, 0.29) is 5.92 Å². The van der Waals surface area contributed by atoms with E-state index < -0.39 is 18.0 Å². The van der Waals surface area contributed by atoms with Crippen molar-refractivity contribution in [2.24, 2.45) is 5.92 Å². The zero-order valence-corrected chi connectivity index (χ0v) is 9.26.